The highest BCUT2D eigenvalue weighted by Crippen LogP contribution is 2.39. The number of amides is 2. The highest BCUT2D eigenvalue weighted by Gasteiger charge is 2.26. The highest BCUT2D eigenvalue weighted by atomic mass is 79.9. The maximum Gasteiger partial charge on any atom is 0.251 e. The third kappa shape index (κ3) is 4.42. The summed E-state index contributed by atoms with van der Waals surface area (Å²) in [5, 5.41) is 3.36. The number of hydrogen-bond acceptors (Lipinski definition) is 4. The molecule has 142 valence electrons. The third-order valence-electron chi connectivity index (χ3n) is 4.60. The molecule has 1 aliphatic rings. The maximum absolute atomic E-state index is 12.4. The minimum atomic E-state index is -0.491. The van der Waals surface area contributed by atoms with Gasteiger partial charge < -0.3 is 15.8 Å². The number of fused-ring (bicyclic) bond motifs is 1. The zero-order chi connectivity index (χ0) is 19.6. The Labute approximate surface area is 170 Å². The summed E-state index contributed by atoms with van der Waals surface area (Å²) in [4.78, 5) is 25.5. The van der Waals surface area contributed by atoms with E-state index in [1.165, 1.54) is 17.4 Å². The second-order valence-corrected chi connectivity index (χ2v) is 8.65. The van der Waals surface area contributed by atoms with Crippen molar-refractivity contribution >= 4 is 50.2 Å². The van der Waals surface area contributed by atoms with Crippen LogP contribution in [-0.4, -0.2) is 18.9 Å². The molecule has 5 nitrogen and oxygen atoms in total. The molecule has 0 fully saturated rings. The van der Waals surface area contributed by atoms with E-state index in [4.69, 9.17) is 10.5 Å². The Morgan fingerprint density at radius 1 is 1.41 bits per heavy atom. The molecule has 0 saturated heterocycles. The molecule has 2 amide bonds. The van der Waals surface area contributed by atoms with Gasteiger partial charge in [-0.05, 0) is 55.0 Å². The fourth-order valence-electron chi connectivity index (χ4n) is 3.25. The molecule has 0 spiro atoms. The monoisotopic (exact) mass is 448 g/mol. The van der Waals surface area contributed by atoms with Crippen molar-refractivity contribution in [2.24, 2.45) is 11.7 Å². The molecule has 1 aliphatic carbocycles. The first kappa shape index (κ1) is 19.6. The second kappa shape index (κ2) is 8.27. The molecular formula is C20H21BrN2O3S. The van der Waals surface area contributed by atoms with Gasteiger partial charge >= 0.3 is 0 Å². The van der Waals surface area contributed by atoms with Gasteiger partial charge in [-0.25, -0.2) is 0 Å². The number of carbonyl (C=O) groups excluding carboxylic acids is 2. The van der Waals surface area contributed by atoms with E-state index >= 15 is 0 Å². The molecule has 1 aromatic carbocycles. The Balaban J connectivity index is 1.82. The number of primary amides is 1. The second-order valence-electron chi connectivity index (χ2n) is 6.63. The number of thiophene rings is 1. The summed E-state index contributed by atoms with van der Waals surface area (Å²) in [6.45, 7) is 2.19. The Morgan fingerprint density at radius 2 is 2.19 bits per heavy atom. The molecule has 0 radical (unpaired) electrons. The quantitative estimate of drug-likeness (QED) is 0.665. The fourth-order valence-corrected chi connectivity index (χ4v) is 5.05. The Morgan fingerprint density at radius 3 is 2.89 bits per heavy atom. The van der Waals surface area contributed by atoms with Crippen LogP contribution in [0.4, 0.5) is 5.00 Å². The van der Waals surface area contributed by atoms with Crippen LogP contribution in [0, 0.1) is 5.92 Å². The number of benzene rings is 1. The molecule has 0 aliphatic heterocycles. The van der Waals surface area contributed by atoms with E-state index in [-0.39, 0.29) is 5.91 Å². The molecule has 1 heterocycles. The number of methoxy groups -OCH3 is 1. The number of anilines is 1. The van der Waals surface area contributed by atoms with Crippen LogP contribution in [0.3, 0.4) is 0 Å². The first-order chi connectivity index (χ1) is 12.9. The van der Waals surface area contributed by atoms with Crippen LogP contribution >= 0.6 is 27.3 Å². The number of carbonyl (C=O) groups is 2. The lowest BCUT2D eigenvalue weighted by Crippen LogP contribution is -2.18. The average molecular weight is 449 g/mol. The fraction of sp³-hybridized carbons (Fsp3) is 0.300. The van der Waals surface area contributed by atoms with E-state index in [1.54, 1.807) is 13.2 Å². The molecule has 1 aromatic heterocycles. The summed E-state index contributed by atoms with van der Waals surface area (Å²) in [7, 11) is 1.58. The van der Waals surface area contributed by atoms with E-state index in [9.17, 15) is 9.59 Å². The van der Waals surface area contributed by atoms with Crippen LogP contribution in [0.1, 0.15) is 39.7 Å². The zero-order valence-electron chi connectivity index (χ0n) is 15.2. The van der Waals surface area contributed by atoms with Crippen LogP contribution in [0.5, 0.6) is 5.75 Å². The van der Waals surface area contributed by atoms with Crippen molar-refractivity contribution in [2.45, 2.75) is 26.2 Å². The summed E-state index contributed by atoms with van der Waals surface area (Å²) >= 11 is 4.86. The van der Waals surface area contributed by atoms with Crippen LogP contribution in [-0.2, 0) is 17.6 Å². The van der Waals surface area contributed by atoms with Crippen LogP contribution in [0.25, 0.3) is 6.08 Å². The molecule has 3 rings (SSSR count). The standard InChI is InChI=1S/C20H21BrN2O3S/c1-11-3-6-14-16(9-11)27-20(18(14)19(22)25)23-17(24)8-4-12-10-13(21)5-7-15(12)26-2/h4-5,7-8,10-11H,3,6,9H2,1-2H3,(H2,22,25)(H,23,24)/b8-4+. The van der Waals surface area contributed by atoms with Crippen molar-refractivity contribution in [3.05, 3.63) is 50.3 Å². The minimum absolute atomic E-state index is 0.314. The summed E-state index contributed by atoms with van der Waals surface area (Å²) in [6.07, 6.45) is 5.88. The summed E-state index contributed by atoms with van der Waals surface area (Å²) in [5.41, 5.74) is 7.82. The Kier molecular flexibility index (Phi) is 6.01. The smallest absolute Gasteiger partial charge is 0.251 e. The lowest BCUT2D eigenvalue weighted by atomic mass is 9.88. The van der Waals surface area contributed by atoms with Crippen LogP contribution in [0.2, 0.25) is 0 Å². The lowest BCUT2D eigenvalue weighted by Gasteiger charge is -2.18. The minimum Gasteiger partial charge on any atom is -0.496 e. The number of ether oxygens (including phenoxy) is 1. The van der Waals surface area contributed by atoms with Gasteiger partial charge in [-0.15, -0.1) is 11.3 Å². The molecule has 27 heavy (non-hydrogen) atoms. The van der Waals surface area contributed by atoms with Gasteiger partial charge in [0.15, 0.2) is 0 Å². The first-order valence-corrected chi connectivity index (χ1v) is 10.3. The first-order valence-electron chi connectivity index (χ1n) is 8.66. The van der Waals surface area contributed by atoms with Gasteiger partial charge in [-0.1, -0.05) is 22.9 Å². The van der Waals surface area contributed by atoms with Gasteiger partial charge in [0.05, 0.1) is 12.7 Å². The van der Waals surface area contributed by atoms with Gasteiger partial charge in [0.25, 0.3) is 5.91 Å². The molecule has 0 bridgehead atoms. The number of nitrogens with two attached hydrogens (primary N) is 1. The molecule has 1 atom stereocenters. The van der Waals surface area contributed by atoms with Gasteiger partial charge in [-0.2, -0.15) is 0 Å². The molecule has 7 heteroatoms. The Hall–Kier alpha value is -2.12. The van der Waals surface area contributed by atoms with E-state index in [0.717, 1.165) is 39.7 Å². The average Bonchev–Trinajstić information content (AvgIpc) is 2.97. The number of rotatable bonds is 5. The van der Waals surface area contributed by atoms with Crippen LogP contribution < -0.4 is 15.8 Å². The molecule has 3 N–H and O–H groups in total. The summed E-state index contributed by atoms with van der Waals surface area (Å²) in [5.74, 6) is 0.436. The summed E-state index contributed by atoms with van der Waals surface area (Å²) in [6, 6.07) is 5.55. The third-order valence-corrected chi connectivity index (χ3v) is 6.26. The van der Waals surface area contributed by atoms with E-state index < -0.39 is 5.91 Å². The van der Waals surface area contributed by atoms with Crippen molar-refractivity contribution in [2.75, 3.05) is 12.4 Å². The lowest BCUT2D eigenvalue weighted by molar-refractivity contribution is -0.111. The van der Waals surface area contributed by atoms with Crippen molar-refractivity contribution in [1.29, 1.82) is 0 Å². The van der Waals surface area contributed by atoms with E-state index in [0.29, 0.717) is 22.2 Å². The van der Waals surface area contributed by atoms with Crippen molar-refractivity contribution in [3.63, 3.8) is 0 Å². The highest BCUT2D eigenvalue weighted by molar-refractivity contribution is 9.10. The molecule has 2 aromatic rings. The molecule has 0 saturated carbocycles. The topological polar surface area (TPSA) is 81.4 Å². The number of hydrogen-bond donors (Lipinski definition) is 2. The van der Waals surface area contributed by atoms with E-state index in [2.05, 4.69) is 28.2 Å². The Bertz CT molecular complexity index is 920. The normalized spacial score (nSPS) is 16.2. The van der Waals surface area contributed by atoms with Gasteiger partial charge in [0, 0.05) is 21.0 Å². The van der Waals surface area contributed by atoms with Crippen LogP contribution in [0.15, 0.2) is 28.7 Å². The molecule has 1 unspecified atom stereocenters. The number of nitrogens with one attached hydrogen (secondary N) is 1. The zero-order valence-corrected chi connectivity index (χ0v) is 17.6. The molecular weight excluding hydrogens is 428 g/mol. The maximum atomic E-state index is 12.4. The SMILES string of the molecule is COc1ccc(Br)cc1/C=C/C(=O)Nc1sc2c(c1C(N)=O)CCC(C)C2. The van der Waals surface area contributed by atoms with Gasteiger partial charge in [0.1, 0.15) is 10.8 Å². The van der Waals surface area contributed by atoms with Crippen molar-refractivity contribution in [3.8, 4) is 5.75 Å². The van der Waals surface area contributed by atoms with Crippen molar-refractivity contribution in [1.82, 2.24) is 0 Å². The van der Waals surface area contributed by atoms with Gasteiger partial charge in [-0.3, -0.25) is 9.59 Å². The van der Waals surface area contributed by atoms with Gasteiger partial charge in [0.2, 0.25) is 5.91 Å². The largest absolute Gasteiger partial charge is 0.496 e. The summed E-state index contributed by atoms with van der Waals surface area (Å²) < 4.78 is 6.19. The van der Waals surface area contributed by atoms with E-state index in [1.807, 2.05) is 18.2 Å². The predicted octanol–water partition coefficient (Wildman–Crippen LogP) is 4.39. The predicted molar refractivity (Wildman–Crippen MR) is 112 cm³/mol. The van der Waals surface area contributed by atoms with Crippen molar-refractivity contribution < 1.29 is 14.3 Å². The number of halogens is 1.